The number of fused-ring (bicyclic) bond motifs is 1. The monoisotopic (exact) mass is 481 g/mol. The molecule has 11 heteroatoms. The molecule has 0 amide bonds. The third-order valence-electron chi connectivity index (χ3n) is 5.08. The molecule has 1 aliphatic rings. The molecule has 1 N–H and O–H groups in total. The van der Waals surface area contributed by atoms with Gasteiger partial charge in [0.1, 0.15) is 16.9 Å². The minimum Gasteiger partial charge on any atom is -0.437 e. The largest absolute Gasteiger partial charge is 0.437 e. The minimum absolute atomic E-state index is 0.192. The molecule has 1 fully saturated rings. The average molecular weight is 482 g/mol. The van der Waals surface area contributed by atoms with E-state index in [-0.39, 0.29) is 20.6 Å². The van der Waals surface area contributed by atoms with Crippen LogP contribution in [0.2, 0.25) is 0 Å². The molecule has 0 spiro atoms. The van der Waals surface area contributed by atoms with Gasteiger partial charge in [-0.05, 0) is 50.5 Å². The Morgan fingerprint density at radius 3 is 2.72 bits per heavy atom. The van der Waals surface area contributed by atoms with Crippen molar-refractivity contribution in [3.05, 3.63) is 42.5 Å². The SMILES string of the molecule is CNC1(C)CCSCC1.O=Cc1cc2cc(Oc3nccnc3PCC(F)F)ccn2n1. The molecule has 0 aromatic carbocycles. The summed E-state index contributed by atoms with van der Waals surface area (Å²) < 4.78 is 31.9. The van der Waals surface area contributed by atoms with Crippen LogP contribution in [0.1, 0.15) is 30.3 Å². The molecule has 1 aliphatic heterocycles. The first-order valence-corrected chi connectivity index (χ1v) is 12.5. The smallest absolute Gasteiger partial charge is 0.245 e. The second kappa shape index (κ2) is 11.6. The number of nitrogens with zero attached hydrogens (tertiary/aromatic N) is 4. The summed E-state index contributed by atoms with van der Waals surface area (Å²) in [7, 11) is 1.87. The van der Waals surface area contributed by atoms with Gasteiger partial charge in [-0.25, -0.2) is 23.3 Å². The van der Waals surface area contributed by atoms with Crippen LogP contribution >= 0.6 is 20.3 Å². The number of halogens is 2. The maximum atomic E-state index is 12.4. The summed E-state index contributed by atoms with van der Waals surface area (Å²) in [6.45, 7) is 2.31. The molecule has 0 radical (unpaired) electrons. The summed E-state index contributed by atoms with van der Waals surface area (Å²) in [5, 5.41) is 7.40. The molecule has 1 saturated heterocycles. The number of hydrogen-bond acceptors (Lipinski definition) is 7. The number of carbonyl (C=O) groups is 1. The summed E-state index contributed by atoms with van der Waals surface area (Å²) in [5.41, 5.74) is 1.83. The predicted octanol–water partition coefficient (Wildman–Crippen LogP) is 3.79. The van der Waals surface area contributed by atoms with Crippen LogP contribution in [0.15, 0.2) is 36.8 Å². The number of aldehydes is 1. The van der Waals surface area contributed by atoms with Crippen LogP contribution in [-0.4, -0.2) is 62.5 Å². The summed E-state index contributed by atoms with van der Waals surface area (Å²) in [6.07, 6.45) is 5.15. The molecule has 1 unspecified atom stereocenters. The van der Waals surface area contributed by atoms with E-state index in [4.69, 9.17) is 4.74 Å². The van der Waals surface area contributed by atoms with Crippen molar-refractivity contribution in [3.63, 3.8) is 0 Å². The molecule has 3 aromatic rings. The molecule has 172 valence electrons. The van der Waals surface area contributed by atoms with Crippen molar-refractivity contribution in [1.82, 2.24) is 24.9 Å². The van der Waals surface area contributed by atoms with Gasteiger partial charge in [0.2, 0.25) is 12.3 Å². The van der Waals surface area contributed by atoms with Crippen molar-refractivity contribution in [2.45, 2.75) is 31.7 Å². The van der Waals surface area contributed by atoms with E-state index in [1.54, 1.807) is 24.4 Å². The number of ether oxygens (including phenoxy) is 1. The van der Waals surface area contributed by atoms with Crippen LogP contribution in [0.5, 0.6) is 11.6 Å². The van der Waals surface area contributed by atoms with E-state index in [9.17, 15) is 13.6 Å². The summed E-state index contributed by atoms with van der Waals surface area (Å²) >= 11 is 2.07. The lowest BCUT2D eigenvalue weighted by Gasteiger charge is -2.32. The van der Waals surface area contributed by atoms with E-state index in [2.05, 4.69) is 46.1 Å². The summed E-state index contributed by atoms with van der Waals surface area (Å²) in [6, 6.07) is 4.92. The lowest BCUT2D eigenvalue weighted by Crippen LogP contribution is -2.42. The Labute approximate surface area is 191 Å². The molecule has 0 saturated carbocycles. The van der Waals surface area contributed by atoms with Crippen LogP contribution in [0, 0.1) is 0 Å². The first kappa shape index (κ1) is 24.5. The fraction of sp³-hybridized carbons (Fsp3) is 0.429. The van der Waals surface area contributed by atoms with Gasteiger partial charge in [-0.3, -0.25) is 4.79 Å². The quantitative estimate of drug-likeness (QED) is 0.406. The number of carbonyl (C=O) groups excluding carboxylic acids is 1. The van der Waals surface area contributed by atoms with Gasteiger partial charge in [-0.15, -0.1) is 0 Å². The van der Waals surface area contributed by atoms with Gasteiger partial charge in [-0.1, -0.05) is 8.58 Å². The van der Waals surface area contributed by atoms with Crippen molar-refractivity contribution in [3.8, 4) is 11.6 Å². The van der Waals surface area contributed by atoms with Gasteiger partial charge in [-0.2, -0.15) is 16.9 Å². The first-order valence-electron chi connectivity index (χ1n) is 10.1. The number of rotatable bonds is 7. The zero-order chi connectivity index (χ0) is 23.0. The zero-order valence-electron chi connectivity index (χ0n) is 17.9. The lowest BCUT2D eigenvalue weighted by molar-refractivity contribution is 0.111. The van der Waals surface area contributed by atoms with Crippen LogP contribution < -0.4 is 15.5 Å². The van der Waals surface area contributed by atoms with Crippen LogP contribution in [0.4, 0.5) is 8.78 Å². The van der Waals surface area contributed by atoms with Gasteiger partial charge in [0.25, 0.3) is 0 Å². The first-order chi connectivity index (χ1) is 15.4. The molecule has 3 aromatic heterocycles. The summed E-state index contributed by atoms with van der Waals surface area (Å²) in [4.78, 5) is 18.8. The second-order valence-corrected chi connectivity index (χ2v) is 9.89. The van der Waals surface area contributed by atoms with Crippen LogP contribution in [0.25, 0.3) is 5.52 Å². The van der Waals surface area contributed by atoms with Gasteiger partial charge in [0, 0.05) is 36.4 Å². The highest BCUT2D eigenvalue weighted by atomic mass is 32.2. The predicted molar refractivity (Wildman–Crippen MR) is 126 cm³/mol. The van der Waals surface area contributed by atoms with Gasteiger partial charge < -0.3 is 10.1 Å². The Morgan fingerprint density at radius 1 is 1.31 bits per heavy atom. The van der Waals surface area contributed by atoms with Crippen molar-refractivity contribution >= 4 is 37.6 Å². The lowest BCUT2D eigenvalue weighted by atomic mass is 9.95. The van der Waals surface area contributed by atoms with Crippen molar-refractivity contribution in [1.29, 1.82) is 0 Å². The van der Waals surface area contributed by atoms with Crippen LogP contribution in [0.3, 0.4) is 0 Å². The van der Waals surface area contributed by atoms with E-state index in [1.807, 2.05) is 0 Å². The van der Waals surface area contributed by atoms with Crippen molar-refractivity contribution in [2.75, 3.05) is 24.7 Å². The van der Waals surface area contributed by atoms with E-state index in [1.165, 1.54) is 41.3 Å². The number of nitrogens with one attached hydrogen (secondary N) is 1. The molecular weight excluding hydrogens is 455 g/mol. The third kappa shape index (κ3) is 6.92. The second-order valence-electron chi connectivity index (χ2n) is 7.43. The molecule has 0 bridgehead atoms. The Hall–Kier alpha value is -2.16. The molecule has 32 heavy (non-hydrogen) atoms. The zero-order valence-corrected chi connectivity index (χ0v) is 19.7. The molecule has 4 rings (SSSR count). The van der Waals surface area contributed by atoms with Gasteiger partial charge >= 0.3 is 0 Å². The van der Waals surface area contributed by atoms with Crippen molar-refractivity contribution in [2.24, 2.45) is 0 Å². The average Bonchev–Trinajstić information content (AvgIpc) is 3.22. The number of thioether (sulfide) groups is 1. The van der Waals surface area contributed by atoms with Gasteiger partial charge in [0.05, 0.1) is 5.52 Å². The van der Waals surface area contributed by atoms with E-state index in [0.717, 1.165) is 0 Å². The Balaban J connectivity index is 0.000000269. The fourth-order valence-electron chi connectivity index (χ4n) is 2.99. The highest BCUT2D eigenvalue weighted by molar-refractivity contribution is 7.99. The number of pyridine rings is 1. The summed E-state index contributed by atoms with van der Waals surface area (Å²) in [5.74, 6) is 3.32. The maximum Gasteiger partial charge on any atom is 0.245 e. The molecule has 1 atom stereocenters. The van der Waals surface area contributed by atoms with Crippen LogP contribution in [-0.2, 0) is 0 Å². The molecule has 7 nitrogen and oxygen atoms in total. The molecule has 4 heterocycles. The Kier molecular flexibility index (Phi) is 8.90. The van der Waals surface area contributed by atoms with E-state index in [0.29, 0.717) is 34.2 Å². The molecular formula is C21H26F2N5O2PS. The number of hydrogen-bond donors (Lipinski definition) is 1. The fourth-order valence-corrected chi connectivity index (χ4v) is 5.17. The highest BCUT2D eigenvalue weighted by Crippen LogP contribution is 2.26. The third-order valence-corrected chi connectivity index (χ3v) is 7.25. The Morgan fingerprint density at radius 2 is 2.06 bits per heavy atom. The molecule has 0 aliphatic carbocycles. The highest BCUT2D eigenvalue weighted by Gasteiger charge is 2.24. The topological polar surface area (TPSA) is 81.4 Å². The number of alkyl halides is 2. The van der Waals surface area contributed by atoms with E-state index >= 15 is 0 Å². The number of aromatic nitrogens is 4. The minimum atomic E-state index is -2.40. The Bertz CT molecular complexity index is 1030. The van der Waals surface area contributed by atoms with Gasteiger partial charge in [0.15, 0.2) is 6.29 Å². The maximum absolute atomic E-state index is 12.4. The normalized spacial score (nSPS) is 15.7. The van der Waals surface area contributed by atoms with Crippen molar-refractivity contribution < 1.29 is 18.3 Å². The standard InChI is InChI=1S/C14H11F2N4O2P.C7H15NS/c15-12(16)8-23-14-13(17-2-3-18-14)22-11-1-4-20-10(6-11)5-9(7-21)19-20;1-7(8-2)3-5-9-6-4-7/h1-7,12,23H,8H2;8H,3-6H2,1-2H3. The van der Waals surface area contributed by atoms with E-state index < -0.39 is 6.43 Å².